The molecule has 0 radical (unpaired) electrons. The van der Waals surface area contributed by atoms with Crippen molar-refractivity contribution >= 4 is 28.9 Å². The minimum atomic E-state index is 0.554. The summed E-state index contributed by atoms with van der Waals surface area (Å²) in [5, 5.41) is 8.73. The van der Waals surface area contributed by atoms with E-state index in [9.17, 15) is 0 Å². The second-order valence-corrected chi connectivity index (χ2v) is 6.90. The molecule has 0 spiro atoms. The van der Waals surface area contributed by atoms with Gasteiger partial charge in [0.15, 0.2) is 11.5 Å². The van der Waals surface area contributed by atoms with E-state index in [1.165, 1.54) is 0 Å². The Labute approximate surface area is 159 Å². The maximum atomic E-state index is 5.40. The molecule has 0 atom stereocenters. The Hall–Kier alpha value is -2.58. The first-order valence-corrected chi connectivity index (χ1v) is 9.49. The van der Waals surface area contributed by atoms with E-state index < -0.39 is 0 Å². The number of ether oxygens (including phenoxy) is 3. The first-order valence-electron chi connectivity index (χ1n) is 7.73. The predicted octanol–water partition coefficient (Wildman–Crippen LogP) is 3.72. The topological polar surface area (TPSA) is 57.3 Å². The average molecular weight is 390 g/mol. The summed E-state index contributed by atoms with van der Waals surface area (Å²) in [7, 11) is 6.52. The highest BCUT2D eigenvalue weighted by Crippen LogP contribution is 2.37. The highest BCUT2D eigenvalue weighted by Gasteiger charge is 2.13. The van der Waals surface area contributed by atoms with Crippen molar-refractivity contribution in [2.24, 2.45) is 10.1 Å². The number of methoxy groups -OCH3 is 3. The molecule has 26 heavy (non-hydrogen) atoms. The average Bonchev–Trinajstić information content (AvgIpc) is 3.34. The van der Waals surface area contributed by atoms with Crippen molar-refractivity contribution in [3.63, 3.8) is 0 Å². The maximum absolute atomic E-state index is 5.40. The van der Waals surface area contributed by atoms with Gasteiger partial charge in [0, 0.05) is 18.0 Å². The molecule has 3 aromatic rings. The number of hydrogen-bond donors (Lipinski definition) is 0. The first kappa shape index (κ1) is 18.2. The molecule has 0 bridgehead atoms. The molecular formula is C18H19N3O3S2. The molecule has 0 aliphatic rings. The van der Waals surface area contributed by atoms with Crippen LogP contribution in [0.25, 0.3) is 10.6 Å². The van der Waals surface area contributed by atoms with Gasteiger partial charge in [0.1, 0.15) is 0 Å². The summed E-state index contributed by atoms with van der Waals surface area (Å²) in [6.45, 7) is 0. The lowest BCUT2D eigenvalue weighted by Crippen LogP contribution is -2.11. The summed E-state index contributed by atoms with van der Waals surface area (Å²) < 4.78 is 18.0. The van der Waals surface area contributed by atoms with Crippen molar-refractivity contribution in [2.45, 2.75) is 0 Å². The summed E-state index contributed by atoms with van der Waals surface area (Å²) in [5.74, 6) is 1.73. The third-order valence-electron chi connectivity index (χ3n) is 3.66. The van der Waals surface area contributed by atoms with Gasteiger partial charge in [0.25, 0.3) is 0 Å². The number of benzene rings is 1. The molecule has 2 aromatic heterocycles. The molecule has 136 valence electrons. The van der Waals surface area contributed by atoms with E-state index in [0.29, 0.717) is 17.2 Å². The molecule has 8 heteroatoms. The molecule has 0 unspecified atom stereocenters. The summed E-state index contributed by atoms with van der Waals surface area (Å²) in [6, 6.07) is 7.79. The molecule has 0 fully saturated rings. The zero-order chi connectivity index (χ0) is 18.5. The van der Waals surface area contributed by atoms with E-state index in [2.05, 4.69) is 21.5 Å². The van der Waals surface area contributed by atoms with Crippen LogP contribution in [0.4, 0.5) is 0 Å². The number of nitrogens with zero attached hydrogens (tertiary/aromatic N) is 3. The minimum Gasteiger partial charge on any atom is -0.493 e. The molecule has 0 amide bonds. The fraction of sp³-hybridized carbons (Fsp3) is 0.222. The second-order valence-electron chi connectivity index (χ2n) is 5.12. The Morgan fingerprint density at radius 2 is 1.77 bits per heavy atom. The van der Waals surface area contributed by atoms with Gasteiger partial charge in [-0.15, -0.1) is 22.7 Å². The lowest BCUT2D eigenvalue weighted by Gasteiger charge is -2.12. The fourth-order valence-electron chi connectivity index (χ4n) is 2.46. The van der Waals surface area contributed by atoms with Crippen LogP contribution in [-0.4, -0.2) is 39.3 Å². The van der Waals surface area contributed by atoms with E-state index in [4.69, 9.17) is 14.2 Å². The Bertz CT molecular complexity index is 947. The largest absolute Gasteiger partial charge is 0.493 e. The molecule has 1 aromatic carbocycles. The lowest BCUT2D eigenvalue weighted by atomic mass is 10.2. The van der Waals surface area contributed by atoms with Crippen LogP contribution in [0.2, 0.25) is 0 Å². The highest BCUT2D eigenvalue weighted by atomic mass is 32.1. The number of rotatable bonds is 6. The van der Waals surface area contributed by atoms with Gasteiger partial charge < -0.3 is 14.2 Å². The molecule has 0 aliphatic heterocycles. The second kappa shape index (κ2) is 8.20. The predicted molar refractivity (Wildman–Crippen MR) is 106 cm³/mol. The van der Waals surface area contributed by atoms with Crippen LogP contribution in [-0.2, 0) is 0 Å². The number of hydrogen-bond acceptors (Lipinski definition) is 7. The van der Waals surface area contributed by atoms with Gasteiger partial charge >= 0.3 is 0 Å². The van der Waals surface area contributed by atoms with E-state index in [1.54, 1.807) is 57.3 Å². The van der Waals surface area contributed by atoms with Crippen LogP contribution < -0.4 is 19.0 Å². The quantitative estimate of drug-likeness (QED) is 0.604. The van der Waals surface area contributed by atoms with Crippen molar-refractivity contribution < 1.29 is 14.2 Å². The van der Waals surface area contributed by atoms with Crippen molar-refractivity contribution in [1.29, 1.82) is 0 Å². The number of thiophene rings is 1. The van der Waals surface area contributed by atoms with Crippen molar-refractivity contribution in [3.05, 3.63) is 45.4 Å². The Kier molecular flexibility index (Phi) is 5.75. The van der Waals surface area contributed by atoms with Gasteiger partial charge in [-0.1, -0.05) is 6.07 Å². The maximum Gasteiger partial charge on any atom is 0.205 e. The minimum absolute atomic E-state index is 0.554. The molecular weight excluding hydrogens is 370 g/mol. The number of thiazole rings is 1. The molecule has 0 saturated heterocycles. The third-order valence-corrected chi connectivity index (χ3v) is 5.46. The summed E-state index contributed by atoms with van der Waals surface area (Å²) in [5.41, 5.74) is 1.84. The van der Waals surface area contributed by atoms with Crippen LogP contribution in [0.1, 0.15) is 5.56 Å². The Morgan fingerprint density at radius 1 is 1.04 bits per heavy atom. The molecule has 0 N–H and O–H groups in total. The van der Waals surface area contributed by atoms with Crippen LogP contribution >= 0.6 is 22.7 Å². The van der Waals surface area contributed by atoms with Gasteiger partial charge in [0.05, 0.1) is 38.1 Å². The molecule has 2 heterocycles. The van der Waals surface area contributed by atoms with E-state index in [0.717, 1.165) is 20.9 Å². The highest BCUT2D eigenvalue weighted by molar-refractivity contribution is 7.14. The SMILES string of the molecule is CN=c1scc(-c2cccs2)n1N=Cc1cc(OC)c(OC)c(OC)c1. The van der Waals surface area contributed by atoms with Crippen LogP contribution in [0.3, 0.4) is 0 Å². The fourth-order valence-corrected chi connectivity index (χ4v) is 4.05. The van der Waals surface area contributed by atoms with E-state index in [-0.39, 0.29) is 0 Å². The van der Waals surface area contributed by atoms with Gasteiger partial charge in [0.2, 0.25) is 10.6 Å². The zero-order valence-corrected chi connectivity index (χ0v) is 16.6. The van der Waals surface area contributed by atoms with Crippen LogP contribution in [0, 0.1) is 0 Å². The van der Waals surface area contributed by atoms with Crippen molar-refractivity contribution in [2.75, 3.05) is 28.4 Å². The van der Waals surface area contributed by atoms with Crippen LogP contribution in [0.5, 0.6) is 17.2 Å². The Balaban J connectivity index is 2.05. The standard InChI is InChI=1S/C18H19N3O3S2/c1-19-18-21(13(11-26-18)16-6-5-7-25-16)20-10-12-8-14(22-2)17(24-4)15(9-12)23-3/h5-11H,1-4H3. The van der Waals surface area contributed by atoms with Gasteiger partial charge in [-0.2, -0.15) is 5.10 Å². The lowest BCUT2D eigenvalue weighted by molar-refractivity contribution is 0.324. The normalized spacial score (nSPS) is 11.9. The summed E-state index contributed by atoms with van der Waals surface area (Å²) in [6.07, 6.45) is 1.75. The van der Waals surface area contributed by atoms with Crippen molar-refractivity contribution in [1.82, 2.24) is 4.68 Å². The molecule has 6 nitrogen and oxygen atoms in total. The third kappa shape index (κ3) is 3.51. The van der Waals surface area contributed by atoms with E-state index in [1.807, 2.05) is 28.3 Å². The molecule has 0 saturated carbocycles. The van der Waals surface area contributed by atoms with Crippen molar-refractivity contribution in [3.8, 4) is 27.8 Å². The smallest absolute Gasteiger partial charge is 0.205 e. The van der Waals surface area contributed by atoms with Crippen LogP contribution in [0.15, 0.2) is 45.1 Å². The molecule has 3 rings (SSSR count). The molecule has 0 aliphatic carbocycles. The summed E-state index contributed by atoms with van der Waals surface area (Å²) in [4.78, 5) is 6.27. The number of aromatic nitrogens is 1. The van der Waals surface area contributed by atoms with Gasteiger partial charge in [-0.25, -0.2) is 4.68 Å². The first-order chi connectivity index (χ1) is 12.7. The van der Waals surface area contributed by atoms with Gasteiger partial charge in [-0.05, 0) is 23.6 Å². The Morgan fingerprint density at radius 3 is 2.31 bits per heavy atom. The monoisotopic (exact) mass is 389 g/mol. The van der Waals surface area contributed by atoms with Gasteiger partial charge in [-0.3, -0.25) is 4.99 Å². The van der Waals surface area contributed by atoms with E-state index >= 15 is 0 Å². The summed E-state index contributed by atoms with van der Waals surface area (Å²) >= 11 is 3.22. The zero-order valence-electron chi connectivity index (χ0n) is 14.9.